The number of rotatable bonds is 5. The highest BCUT2D eigenvalue weighted by Gasteiger charge is 2.44. The maximum absolute atomic E-state index is 12.7. The number of amides is 1. The van der Waals surface area contributed by atoms with Gasteiger partial charge in [-0.25, -0.2) is 0 Å². The maximum Gasteiger partial charge on any atom is 0.391 e. The van der Waals surface area contributed by atoms with Crippen molar-refractivity contribution in [2.24, 2.45) is 11.8 Å². The molecule has 0 heterocycles. The van der Waals surface area contributed by atoms with Gasteiger partial charge in [0.2, 0.25) is 5.91 Å². The van der Waals surface area contributed by atoms with Gasteiger partial charge < -0.3 is 10.0 Å². The summed E-state index contributed by atoms with van der Waals surface area (Å²) in [6.07, 6.45) is -2.45. The van der Waals surface area contributed by atoms with Gasteiger partial charge in [-0.15, -0.1) is 6.58 Å². The monoisotopic (exact) mass is 293 g/mol. The molecule has 0 aromatic rings. The number of carbonyl (C=O) groups is 2. The molecule has 1 rings (SSSR count). The molecule has 0 aromatic heterocycles. The van der Waals surface area contributed by atoms with Gasteiger partial charge in [0, 0.05) is 12.5 Å². The predicted octanol–water partition coefficient (Wildman–Crippen LogP) is 2.45. The lowest BCUT2D eigenvalue weighted by Gasteiger charge is -2.32. The minimum Gasteiger partial charge on any atom is -0.480 e. The molecule has 1 amide bonds. The van der Waals surface area contributed by atoms with E-state index in [9.17, 15) is 22.8 Å². The molecule has 0 spiro atoms. The highest BCUT2D eigenvalue weighted by atomic mass is 19.4. The van der Waals surface area contributed by atoms with E-state index in [-0.39, 0.29) is 19.4 Å². The van der Waals surface area contributed by atoms with Crippen LogP contribution in [0.5, 0.6) is 0 Å². The number of aliphatic carboxylic acids is 1. The second-order valence-corrected chi connectivity index (χ2v) is 5.00. The minimum atomic E-state index is -4.30. The van der Waals surface area contributed by atoms with Crippen LogP contribution in [-0.2, 0) is 9.59 Å². The standard InChI is InChI=1S/C13H18F3NO3/c1-2-6-17(8-11(18)19)12(20)9-4-3-5-10(7-9)13(14,15)16/h2,9-10H,1,3-8H2,(H,18,19). The van der Waals surface area contributed by atoms with E-state index in [0.29, 0.717) is 12.8 Å². The van der Waals surface area contributed by atoms with Crippen molar-refractivity contribution < 1.29 is 27.9 Å². The maximum atomic E-state index is 12.7. The first kappa shape index (κ1) is 16.5. The molecule has 0 aromatic carbocycles. The molecule has 2 atom stereocenters. The normalized spacial score (nSPS) is 23.1. The van der Waals surface area contributed by atoms with Crippen LogP contribution >= 0.6 is 0 Å². The Kier molecular flexibility index (Phi) is 5.59. The first-order chi connectivity index (χ1) is 9.25. The van der Waals surface area contributed by atoms with Gasteiger partial charge in [0.1, 0.15) is 6.54 Å². The number of alkyl halides is 3. The molecule has 7 heteroatoms. The molecular formula is C13H18F3NO3. The fourth-order valence-corrected chi connectivity index (χ4v) is 2.52. The summed E-state index contributed by atoms with van der Waals surface area (Å²) in [6.45, 7) is 2.93. The van der Waals surface area contributed by atoms with Crippen molar-refractivity contribution in [3.05, 3.63) is 12.7 Å². The van der Waals surface area contributed by atoms with Crippen molar-refractivity contribution in [1.82, 2.24) is 4.90 Å². The lowest BCUT2D eigenvalue weighted by atomic mass is 9.80. The Balaban J connectivity index is 2.73. The average Bonchev–Trinajstić information content (AvgIpc) is 2.36. The molecule has 0 aliphatic heterocycles. The summed E-state index contributed by atoms with van der Waals surface area (Å²) in [6, 6.07) is 0. The lowest BCUT2D eigenvalue weighted by Crippen LogP contribution is -2.42. The van der Waals surface area contributed by atoms with Crippen LogP contribution in [0.1, 0.15) is 25.7 Å². The molecule has 20 heavy (non-hydrogen) atoms. The summed E-state index contributed by atoms with van der Waals surface area (Å²) < 4.78 is 38.1. The largest absolute Gasteiger partial charge is 0.480 e. The Morgan fingerprint density at radius 3 is 2.50 bits per heavy atom. The molecule has 0 saturated heterocycles. The molecule has 1 fully saturated rings. The van der Waals surface area contributed by atoms with Crippen LogP contribution in [0.2, 0.25) is 0 Å². The van der Waals surface area contributed by atoms with E-state index in [1.807, 2.05) is 0 Å². The van der Waals surface area contributed by atoms with Gasteiger partial charge in [0.05, 0.1) is 5.92 Å². The van der Waals surface area contributed by atoms with Gasteiger partial charge in [0.25, 0.3) is 0 Å². The summed E-state index contributed by atoms with van der Waals surface area (Å²) in [5.41, 5.74) is 0. The Hall–Kier alpha value is -1.53. The van der Waals surface area contributed by atoms with Crippen LogP contribution in [0, 0.1) is 11.8 Å². The van der Waals surface area contributed by atoms with Crippen LogP contribution in [0.4, 0.5) is 13.2 Å². The van der Waals surface area contributed by atoms with Crippen LogP contribution in [0.25, 0.3) is 0 Å². The molecule has 0 bridgehead atoms. The van der Waals surface area contributed by atoms with Crippen molar-refractivity contribution in [2.75, 3.05) is 13.1 Å². The number of carbonyl (C=O) groups excluding carboxylic acids is 1. The van der Waals surface area contributed by atoms with E-state index in [1.54, 1.807) is 0 Å². The highest BCUT2D eigenvalue weighted by Crippen LogP contribution is 2.40. The number of carboxylic acid groups (broad SMARTS) is 1. The van der Waals surface area contributed by atoms with Gasteiger partial charge in [-0.1, -0.05) is 12.5 Å². The fourth-order valence-electron chi connectivity index (χ4n) is 2.52. The van der Waals surface area contributed by atoms with Crippen molar-refractivity contribution in [3.8, 4) is 0 Å². The highest BCUT2D eigenvalue weighted by molar-refractivity contribution is 5.83. The van der Waals surface area contributed by atoms with E-state index >= 15 is 0 Å². The number of hydrogen-bond acceptors (Lipinski definition) is 2. The smallest absolute Gasteiger partial charge is 0.391 e. The summed E-state index contributed by atoms with van der Waals surface area (Å²) in [5.74, 6) is -3.94. The van der Waals surface area contributed by atoms with Crippen LogP contribution < -0.4 is 0 Å². The van der Waals surface area contributed by atoms with E-state index in [2.05, 4.69) is 6.58 Å². The summed E-state index contributed by atoms with van der Waals surface area (Å²) in [5, 5.41) is 8.73. The van der Waals surface area contributed by atoms with Crippen molar-refractivity contribution in [3.63, 3.8) is 0 Å². The average molecular weight is 293 g/mol. The Morgan fingerprint density at radius 2 is 2.00 bits per heavy atom. The second kappa shape index (κ2) is 6.76. The van der Waals surface area contributed by atoms with Gasteiger partial charge >= 0.3 is 12.1 Å². The molecule has 114 valence electrons. The molecule has 1 saturated carbocycles. The van der Waals surface area contributed by atoms with Gasteiger partial charge in [0.15, 0.2) is 0 Å². The van der Waals surface area contributed by atoms with E-state index < -0.39 is 36.4 Å². The van der Waals surface area contributed by atoms with Crippen molar-refractivity contribution in [1.29, 1.82) is 0 Å². The Labute approximate surface area is 115 Å². The van der Waals surface area contributed by atoms with Crippen LogP contribution in [0.15, 0.2) is 12.7 Å². The zero-order valence-corrected chi connectivity index (χ0v) is 11.0. The first-order valence-corrected chi connectivity index (χ1v) is 6.44. The zero-order chi connectivity index (χ0) is 15.3. The molecular weight excluding hydrogens is 275 g/mol. The van der Waals surface area contributed by atoms with Crippen molar-refractivity contribution in [2.45, 2.75) is 31.9 Å². The summed E-state index contributed by atoms with van der Waals surface area (Å²) in [4.78, 5) is 23.9. The van der Waals surface area contributed by atoms with E-state index in [0.717, 1.165) is 4.90 Å². The first-order valence-electron chi connectivity index (χ1n) is 6.44. The molecule has 1 aliphatic rings. The third-order valence-electron chi connectivity index (χ3n) is 3.47. The number of carboxylic acids is 1. The third-order valence-corrected chi connectivity index (χ3v) is 3.47. The molecule has 4 nitrogen and oxygen atoms in total. The van der Waals surface area contributed by atoms with Gasteiger partial charge in [-0.2, -0.15) is 13.2 Å². The topological polar surface area (TPSA) is 57.6 Å². The third kappa shape index (κ3) is 4.54. The SMILES string of the molecule is C=CCN(CC(=O)O)C(=O)C1CCCC(C(F)(F)F)C1. The van der Waals surface area contributed by atoms with E-state index in [1.165, 1.54) is 6.08 Å². The molecule has 2 unspecified atom stereocenters. The zero-order valence-electron chi connectivity index (χ0n) is 11.0. The quantitative estimate of drug-likeness (QED) is 0.792. The molecule has 0 radical (unpaired) electrons. The molecule has 1 N–H and O–H groups in total. The van der Waals surface area contributed by atoms with E-state index in [4.69, 9.17) is 5.11 Å². The number of nitrogens with zero attached hydrogens (tertiary/aromatic N) is 1. The minimum absolute atomic E-state index is 0.0261. The Morgan fingerprint density at radius 1 is 1.35 bits per heavy atom. The predicted molar refractivity (Wildman–Crippen MR) is 65.9 cm³/mol. The summed E-state index contributed by atoms with van der Waals surface area (Å²) >= 11 is 0. The van der Waals surface area contributed by atoms with Crippen LogP contribution in [-0.4, -0.2) is 41.1 Å². The number of hydrogen-bond donors (Lipinski definition) is 1. The fraction of sp³-hybridized carbons (Fsp3) is 0.692. The van der Waals surface area contributed by atoms with Crippen LogP contribution in [0.3, 0.4) is 0 Å². The number of halogens is 3. The van der Waals surface area contributed by atoms with Crippen molar-refractivity contribution >= 4 is 11.9 Å². The second-order valence-electron chi connectivity index (χ2n) is 5.00. The molecule has 1 aliphatic carbocycles. The lowest BCUT2D eigenvalue weighted by molar-refractivity contribution is -0.187. The Bertz CT molecular complexity index is 382. The summed E-state index contributed by atoms with van der Waals surface area (Å²) in [7, 11) is 0. The van der Waals surface area contributed by atoms with Gasteiger partial charge in [-0.05, 0) is 19.3 Å². The van der Waals surface area contributed by atoms with Gasteiger partial charge in [-0.3, -0.25) is 9.59 Å².